The first-order valence-corrected chi connectivity index (χ1v) is 11.2. The molecule has 1 aromatic rings. The third-order valence-corrected chi connectivity index (χ3v) is 6.02. The quantitative estimate of drug-likeness (QED) is 0.504. The van der Waals surface area contributed by atoms with Gasteiger partial charge in [0.05, 0.1) is 19.7 Å². The molecule has 0 radical (unpaired) electrons. The van der Waals surface area contributed by atoms with Crippen LogP contribution in [0.15, 0.2) is 18.3 Å². The molecule has 1 saturated carbocycles. The first kappa shape index (κ1) is 23.5. The van der Waals surface area contributed by atoms with Crippen molar-refractivity contribution in [2.75, 3.05) is 33.4 Å². The van der Waals surface area contributed by atoms with Crippen molar-refractivity contribution < 1.29 is 14.3 Å². The van der Waals surface area contributed by atoms with Crippen molar-refractivity contribution >= 4 is 11.8 Å². The summed E-state index contributed by atoms with van der Waals surface area (Å²) in [4.78, 5) is 29.5. The molecule has 1 aliphatic rings. The minimum Gasteiger partial charge on any atom is -0.383 e. The smallest absolute Gasteiger partial charge is 0.242 e. The number of unbranched alkanes of at least 4 members (excludes halogenated alkanes) is 1. The Morgan fingerprint density at radius 1 is 1.17 bits per heavy atom. The van der Waals surface area contributed by atoms with Gasteiger partial charge in [0.15, 0.2) is 0 Å². The average molecular weight is 406 g/mol. The Morgan fingerprint density at radius 2 is 1.93 bits per heavy atom. The van der Waals surface area contributed by atoms with Crippen molar-refractivity contribution in [3.8, 4) is 0 Å². The number of rotatable bonds is 13. The zero-order valence-electron chi connectivity index (χ0n) is 18.6. The summed E-state index contributed by atoms with van der Waals surface area (Å²) in [7, 11) is 3.63. The van der Waals surface area contributed by atoms with Crippen LogP contribution in [0.2, 0.25) is 0 Å². The van der Waals surface area contributed by atoms with Gasteiger partial charge in [0, 0.05) is 45.6 Å². The number of aromatic nitrogens is 1. The van der Waals surface area contributed by atoms with Crippen molar-refractivity contribution in [1.29, 1.82) is 0 Å². The first-order valence-electron chi connectivity index (χ1n) is 11.2. The zero-order chi connectivity index (χ0) is 21.1. The number of methoxy groups -OCH3 is 1. The highest BCUT2D eigenvalue weighted by molar-refractivity contribution is 5.84. The van der Waals surface area contributed by atoms with Gasteiger partial charge in [-0.05, 0) is 30.9 Å². The van der Waals surface area contributed by atoms with Gasteiger partial charge in [-0.25, -0.2) is 0 Å². The number of hydrogen-bond donors (Lipinski definition) is 0. The molecule has 0 spiro atoms. The van der Waals surface area contributed by atoms with Crippen molar-refractivity contribution in [2.45, 2.75) is 64.8 Å². The molecular weight excluding hydrogens is 366 g/mol. The molecule has 0 aliphatic heterocycles. The lowest BCUT2D eigenvalue weighted by molar-refractivity contribution is -0.141. The van der Waals surface area contributed by atoms with Crippen LogP contribution in [0.4, 0.5) is 0 Å². The van der Waals surface area contributed by atoms with Crippen LogP contribution in [-0.4, -0.2) is 59.5 Å². The lowest BCUT2D eigenvalue weighted by atomic mass is 10.0. The van der Waals surface area contributed by atoms with E-state index >= 15 is 0 Å². The van der Waals surface area contributed by atoms with E-state index in [9.17, 15) is 9.59 Å². The molecule has 2 rings (SSSR count). The number of ether oxygens (including phenoxy) is 1. The molecule has 1 heterocycles. The molecule has 1 aromatic heterocycles. The van der Waals surface area contributed by atoms with Gasteiger partial charge in [-0.3, -0.25) is 9.59 Å². The Balaban J connectivity index is 1.97. The van der Waals surface area contributed by atoms with Crippen LogP contribution in [0.1, 0.15) is 64.0 Å². The van der Waals surface area contributed by atoms with Gasteiger partial charge >= 0.3 is 0 Å². The van der Waals surface area contributed by atoms with Crippen LogP contribution in [-0.2, 0) is 27.9 Å². The number of hydrogen-bond acceptors (Lipinski definition) is 3. The molecule has 6 nitrogen and oxygen atoms in total. The zero-order valence-corrected chi connectivity index (χ0v) is 18.6. The first-order chi connectivity index (χ1) is 14.0. The number of nitrogens with zero attached hydrogens (tertiary/aromatic N) is 3. The molecule has 0 atom stereocenters. The second kappa shape index (κ2) is 12.7. The SMILES string of the molecule is CCCCN(Cc1cccn1C)C(=O)CN(CCOC)C(=O)CCC1CCCC1. The largest absolute Gasteiger partial charge is 0.383 e. The monoisotopic (exact) mass is 405 g/mol. The average Bonchev–Trinajstić information content (AvgIpc) is 3.38. The number of amides is 2. The molecule has 1 aliphatic carbocycles. The number of aryl methyl sites for hydroxylation is 1. The van der Waals surface area contributed by atoms with Crippen molar-refractivity contribution in [2.24, 2.45) is 13.0 Å². The van der Waals surface area contributed by atoms with Gasteiger partial charge in [0.2, 0.25) is 11.8 Å². The lowest BCUT2D eigenvalue weighted by Crippen LogP contribution is -2.44. The molecule has 0 saturated heterocycles. The van der Waals surface area contributed by atoms with Gasteiger partial charge in [0.25, 0.3) is 0 Å². The second-order valence-electron chi connectivity index (χ2n) is 8.28. The van der Waals surface area contributed by atoms with Gasteiger partial charge in [-0.1, -0.05) is 39.0 Å². The van der Waals surface area contributed by atoms with E-state index in [1.54, 1.807) is 12.0 Å². The molecule has 0 aromatic carbocycles. The van der Waals surface area contributed by atoms with Gasteiger partial charge < -0.3 is 19.1 Å². The summed E-state index contributed by atoms with van der Waals surface area (Å²) >= 11 is 0. The lowest BCUT2D eigenvalue weighted by Gasteiger charge is -2.28. The van der Waals surface area contributed by atoms with Gasteiger partial charge in [0.1, 0.15) is 0 Å². The summed E-state index contributed by atoms with van der Waals surface area (Å²) in [5, 5.41) is 0. The Bertz CT molecular complexity index is 623. The van der Waals surface area contributed by atoms with Crippen molar-refractivity contribution in [3.05, 3.63) is 24.0 Å². The van der Waals surface area contributed by atoms with Crippen LogP contribution in [0.3, 0.4) is 0 Å². The minimum absolute atomic E-state index is 0.0185. The van der Waals surface area contributed by atoms with Crippen molar-refractivity contribution in [3.63, 3.8) is 0 Å². The van der Waals surface area contributed by atoms with Crippen LogP contribution in [0.5, 0.6) is 0 Å². The predicted octanol–water partition coefficient (Wildman–Crippen LogP) is 3.60. The summed E-state index contributed by atoms with van der Waals surface area (Å²) in [5.41, 5.74) is 1.10. The molecule has 1 fully saturated rings. The van der Waals surface area contributed by atoms with Gasteiger partial charge in [-0.15, -0.1) is 0 Å². The van der Waals surface area contributed by atoms with E-state index in [0.717, 1.165) is 31.5 Å². The molecule has 29 heavy (non-hydrogen) atoms. The fourth-order valence-corrected chi connectivity index (χ4v) is 4.04. The molecule has 0 N–H and O–H groups in total. The maximum atomic E-state index is 13.1. The standard InChI is InChI=1S/C23H39N3O3/c1-4-5-15-25(18-21-11-8-14-24(21)2)23(28)19-26(16-17-29-3)22(27)13-12-20-9-6-7-10-20/h8,11,14,20H,4-7,9-10,12-13,15-19H2,1-3H3. The number of carbonyl (C=O) groups excluding carboxylic acids is 2. The summed E-state index contributed by atoms with van der Waals surface area (Å²) in [5.74, 6) is 0.777. The van der Waals surface area contributed by atoms with Crippen molar-refractivity contribution in [1.82, 2.24) is 14.4 Å². The molecule has 164 valence electrons. The van der Waals surface area contributed by atoms with E-state index in [4.69, 9.17) is 4.74 Å². The van der Waals surface area contributed by atoms with E-state index < -0.39 is 0 Å². The van der Waals surface area contributed by atoms with E-state index in [-0.39, 0.29) is 18.4 Å². The third-order valence-electron chi connectivity index (χ3n) is 6.02. The van der Waals surface area contributed by atoms with Crippen LogP contribution in [0.25, 0.3) is 0 Å². The molecule has 0 unspecified atom stereocenters. The summed E-state index contributed by atoms with van der Waals surface area (Å²) < 4.78 is 7.23. The third kappa shape index (κ3) is 7.84. The molecule has 0 bridgehead atoms. The second-order valence-corrected chi connectivity index (χ2v) is 8.28. The highest BCUT2D eigenvalue weighted by Gasteiger charge is 2.23. The highest BCUT2D eigenvalue weighted by atomic mass is 16.5. The minimum atomic E-state index is 0.0185. The highest BCUT2D eigenvalue weighted by Crippen LogP contribution is 2.28. The van der Waals surface area contributed by atoms with Crippen LogP contribution >= 0.6 is 0 Å². The van der Waals surface area contributed by atoms with Crippen LogP contribution in [0, 0.1) is 5.92 Å². The van der Waals surface area contributed by atoms with E-state index in [1.807, 2.05) is 34.8 Å². The fraction of sp³-hybridized carbons (Fsp3) is 0.739. The number of carbonyl (C=O) groups is 2. The molecule has 2 amide bonds. The Hall–Kier alpha value is -1.82. The Labute approximate surface area is 176 Å². The molecular formula is C23H39N3O3. The topological polar surface area (TPSA) is 54.8 Å². The molecule has 6 heteroatoms. The fourth-order valence-electron chi connectivity index (χ4n) is 4.04. The summed E-state index contributed by atoms with van der Waals surface area (Å²) in [6, 6.07) is 4.04. The van der Waals surface area contributed by atoms with E-state index in [0.29, 0.717) is 32.0 Å². The van der Waals surface area contributed by atoms with E-state index in [2.05, 4.69) is 6.92 Å². The maximum Gasteiger partial charge on any atom is 0.242 e. The summed E-state index contributed by atoms with van der Waals surface area (Å²) in [6.45, 7) is 4.49. The van der Waals surface area contributed by atoms with E-state index in [1.165, 1.54) is 25.7 Å². The van der Waals surface area contributed by atoms with Gasteiger partial charge in [-0.2, -0.15) is 0 Å². The summed E-state index contributed by atoms with van der Waals surface area (Å²) in [6.07, 6.45) is 10.5. The predicted molar refractivity (Wildman–Crippen MR) is 115 cm³/mol. The van der Waals surface area contributed by atoms with Crippen LogP contribution < -0.4 is 0 Å². The Morgan fingerprint density at radius 3 is 2.55 bits per heavy atom. The normalized spacial score (nSPS) is 14.3. The maximum absolute atomic E-state index is 13.1. The Kier molecular flexibility index (Phi) is 10.3.